The molecule has 268 valence electrons. The zero-order chi connectivity index (χ0) is 37.7. The Balaban J connectivity index is 1.21. The molecule has 3 nitrogen and oxygen atoms in total. The van der Waals surface area contributed by atoms with Gasteiger partial charge in [0.15, 0.2) is 0 Å². The third-order valence-electron chi connectivity index (χ3n) is 11.0. The van der Waals surface area contributed by atoms with Crippen LogP contribution in [0.3, 0.4) is 0 Å². The lowest BCUT2D eigenvalue weighted by Gasteiger charge is -2.27. The first-order chi connectivity index (χ1) is 28.3. The zero-order valence-electron chi connectivity index (χ0n) is 31.0. The second-order valence-electron chi connectivity index (χ2n) is 14.4. The Hall–Kier alpha value is -7.27. The number of hydrogen-bond donors (Lipinski definition) is 0. The van der Waals surface area contributed by atoms with E-state index < -0.39 is 0 Å². The van der Waals surface area contributed by atoms with Crippen molar-refractivity contribution in [2.24, 2.45) is 0 Å². The quantitative estimate of drug-likeness (QED) is 0.162. The molecular formula is C53H35N3S. The maximum Gasteiger partial charge on any atom is 0.0715 e. The van der Waals surface area contributed by atoms with Gasteiger partial charge in [-0.25, -0.2) is 4.98 Å². The molecule has 0 atom stereocenters. The molecule has 11 rings (SSSR count). The van der Waals surface area contributed by atoms with Gasteiger partial charge in [-0.1, -0.05) is 140 Å². The lowest BCUT2D eigenvalue weighted by atomic mass is 9.99. The van der Waals surface area contributed by atoms with Crippen LogP contribution in [0.4, 0.5) is 17.1 Å². The van der Waals surface area contributed by atoms with E-state index in [0.29, 0.717) is 0 Å². The topological polar surface area (TPSA) is 21.1 Å². The number of thiophene rings is 1. The summed E-state index contributed by atoms with van der Waals surface area (Å²) in [5.74, 6) is 0. The van der Waals surface area contributed by atoms with Crippen LogP contribution >= 0.6 is 11.3 Å². The second-order valence-corrected chi connectivity index (χ2v) is 15.4. The molecule has 0 saturated heterocycles. The number of aromatic nitrogens is 2. The highest BCUT2D eigenvalue weighted by Gasteiger charge is 2.24. The van der Waals surface area contributed by atoms with E-state index in [4.69, 9.17) is 4.98 Å². The van der Waals surface area contributed by atoms with E-state index in [0.717, 1.165) is 67.4 Å². The van der Waals surface area contributed by atoms with Gasteiger partial charge in [-0.2, -0.15) is 0 Å². The molecule has 0 bridgehead atoms. The molecule has 11 aromatic rings. The van der Waals surface area contributed by atoms with E-state index in [1.54, 1.807) is 0 Å². The van der Waals surface area contributed by atoms with Gasteiger partial charge in [0.2, 0.25) is 0 Å². The average molecular weight is 746 g/mol. The van der Waals surface area contributed by atoms with Gasteiger partial charge in [-0.05, 0) is 83.9 Å². The molecule has 0 unspecified atom stereocenters. The molecule has 0 aliphatic rings. The standard InChI is InChI=1S/C53H35N3S/c1-5-17-36(18-6-1)39-34-45(37-19-7-2-8-20-37)54-46(35-39)38-31-32-47-44(33-38)52-48(55(47)40-21-9-3-10-22-40)27-16-28-49(52)56(41-23-11-4-12-24-41)50-29-15-26-43-42-25-13-14-30-51(42)57-53(43)50/h1-35H. The first-order valence-corrected chi connectivity index (χ1v) is 20.1. The Morgan fingerprint density at radius 1 is 0.404 bits per heavy atom. The number of benzene rings is 8. The zero-order valence-corrected chi connectivity index (χ0v) is 31.8. The summed E-state index contributed by atoms with van der Waals surface area (Å²) in [6, 6.07) is 76.2. The summed E-state index contributed by atoms with van der Waals surface area (Å²) in [6.07, 6.45) is 0. The van der Waals surface area contributed by atoms with Crippen molar-refractivity contribution in [3.63, 3.8) is 0 Å². The summed E-state index contributed by atoms with van der Waals surface area (Å²) in [7, 11) is 0. The normalized spacial score (nSPS) is 11.5. The minimum absolute atomic E-state index is 0.935. The molecule has 0 aliphatic heterocycles. The Labute approximate surface area is 335 Å². The van der Waals surface area contributed by atoms with E-state index >= 15 is 0 Å². The molecule has 0 amide bonds. The van der Waals surface area contributed by atoms with Crippen LogP contribution in [-0.4, -0.2) is 9.55 Å². The van der Waals surface area contributed by atoms with Crippen molar-refractivity contribution in [1.82, 2.24) is 9.55 Å². The molecule has 3 heterocycles. The minimum atomic E-state index is 0.935. The fourth-order valence-corrected chi connectivity index (χ4v) is 9.58. The van der Waals surface area contributed by atoms with Crippen LogP contribution in [0, 0.1) is 0 Å². The van der Waals surface area contributed by atoms with Gasteiger partial charge >= 0.3 is 0 Å². The molecule has 4 heteroatoms. The largest absolute Gasteiger partial charge is 0.309 e. The van der Waals surface area contributed by atoms with Gasteiger partial charge in [0.05, 0.1) is 38.5 Å². The molecule has 0 spiro atoms. The summed E-state index contributed by atoms with van der Waals surface area (Å²) < 4.78 is 4.96. The Kier molecular flexibility index (Phi) is 8.01. The fourth-order valence-electron chi connectivity index (χ4n) is 8.38. The van der Waals surface area contributed by atoms with Gasteiger partial charge in [-0.15, -0.1) is 11.3 Å². The number of pyridine rings is 1. The van der Waals surface area contributed by atoms with Crippen molar-refractivity contribution in [3.8, 4) is 39.3 Å². The first-order valence-electron chi connectivity index (χ1n) is 19.3. The van der Waals surface area contributed by atoms with Crippen LogP contribution in [0.25, 0.3) is 81.3 Å². The Morgan fingerprint density at radius 2 is 1.02 bits per heavy atom. The number of fused-ring (bicyclic) bond motifs is 6. The van der Waals surface area contributed by atoms with Gasteiger partial charge in [-0.3, -0.25) is 0 Å². The number of hydrogen-bond acceptors (Lipinski definition) is 3. The Morgan fingerprint density at radius 3 is 1.79 bits per heavy atom. The summed E-state index contributed by atoms with van der Waals surface area (Å²) in [6.45, 7) is 0. The van der Waals surface area contributed by atoms with Crippen molar-refractivity contribution in [2.75, 3.05) is 4.90 Å². The SMILES string of the molecule is c1ccc(-c2cc(-c3ccccc3)nc(-c3ccc4c(c3)c3c(N(c5ccccc5)c5cccc6c5sc5ccccc56)cccc3n4-c3ccccc3)c2)cc1. The molecule has 57 heavy (non-hydrogen) atoms. The summed E-state index contributed by atoms with van der Waals surface area (Å²) in [4.78, 5) is 7.80. The van der Waals surface area contributed by atoms with Gasteiger partial charge < -0.3 is 9.47 Å². The van der Waals surface area contributed by atoms with Crippen molar-refractivity contribution in [3.05, 3.63) is 212 Å². The first kappa shape index (κ1) is 33.1. The third-order valence-corrected chi connectivity index (χ3v) is 12.2. The lowest BCUT2D eigenvalue weighted by Crippen LogP contribution is -2.10. The predicted octanol–water partition coefficient (Wildman–Crippen LogP) is 15.0. The number of para-hydroxylation sites is 2. The number of anilines is 3. The lowest BCUT2D eigenvalue weighted by molar-refractivity contribution is 1.18. The third kappa shape index (κ3) is 5.69. The smallest absolute Gasteiger partial charge is 0.0715 e. The van der Waals surface area contributed by atoms with Gasteiger partial charge in [0.25, 0.3) is 0 Å². The highest BCUT2D eigenvalue weighted by molar-refractivity contribution is 7.26. The minimum Gasteiger partial charge on any atom is -0.309 e. The van der Waals surface area contributed by atoms with Crippen LogP contribution in [0.2, 0.25) is 0 Å². The van der Waals surface area contributed by atoms with E-state index in [1.165, 1.54) is 30.9 Å². The van der Waals surface area contributed by atoms with Crippen LogP contribution in [-0.2, 0) is 0 Å². The van der Waals surface area contributed by atoms with Crippen molar-refractivity contribution in [1.29, 1.82) is 0 Å². The second kappa shape index (κ2) is 13.8. The fraction of sp³-hybridized carbons (Fsp3) is 0. The maximum absolute atomic E-state index is 5.34. The molecule has 0 saturated carbocycles. The number of nitrogens with zero attached hydrogens (tertiary/aromatic N) is 3. The van der Waals surface area contributed by atoms with Crippen molar-refractivity contribution in [2.45, 2.75) is 0 Å². The van der Waals surface area contributed by atoms with Crippen molar-refractivity contribution >= 4 is 70.4 Å². The molecule has 3 aromatic heterocycles. The number of rotatable bonds is 7. The van der Waals surface area contributed by atoms with Crippen LogP contribution in [0.1, 0.15) is 0 Å². The maximum atomic E-state index is 5.34. The summed E-state index contributed by atoms with van der Waals surface area (Å²) in [5.41, 5.74) is 13.1. The van der Waals surface area contributed by atoms with Crippen LogP contribution in [0.5, 0.6) is 0 Å². The predicted molar refractivity (Wildman–Crippen MR) is 242 cm³/mol. The molecule has 0 aliphatic carbocycles. The van der Waals surface area contributed by atoms with Gasteiger partial charge in [0.1, 0.15) is 0 Å². The molecular weight excluding hydrogens is 711 g/mol. The molecule has 8 aromatic carbocycles. The van der Waals surface area contributed by atoms with Crippen LogP contribution < -0.4 is 4.90 Å². The Bertz CT molecular complexity index is 3170. The summed E-state index contributed by atoms with van der Waals surface area (Å²) >= 11 is 1.86. The van der Waals surface area contributed by atoms with Crippen LogP contribution in [0.15, 0.2) is 212 Å². The van der Waals surface area contributed by atoms with E-state index in [-0.39, 0.29) is 0 Å². The molecule has 0 radical (unpaired) electrons. The van der Waals surface area contributed by atoms with Crippen molar-refractivity contribution < 1.29 is 0 Å². The van der Waals surface area contributed by atoms with E-state index in [9.17, 15) is 0 Å². The monoisotopic (exact) mass is 745 g/mol. The highest BCUT2D eigenvalue weighted by atomic mass is 32.1. The van der Waals surface area contributed by atoms with E-state index in [2.05, 4.69) is 222 Å². The molecule has 0 N–H and O–H groups in total. The van der Waals surface area contributed by atoms with Gasteiger partial charge in [0, 0.05) is 48.7 Å². The summed E-state index contributed by atoms with van der Waals surface area (Å²) in [5, 5.41) is 4.91. The van der Waals surface area contributed by atoms with E-state index in [1.807, 2.05) is 11.3 Å². The molecule has 0 fully saturated rings. The average Bonchev–Trinajstić information content (AvgIpc) is 3.84. The highest BCUT2D eigenvalue weighted by Crippen LogP contribution is 2.48.